The van der Waals surface area contributed by atoms with Crippen molar-refractivity contribution in [2.24, 2.45) is 0 Å². The van der Waals surface area contributed by atoms with Gasteiger partial charge in [-0.05, 0) is 37.6 Å². The normalized spacial score (nSPS) is 25.0. The molecule has 1 saturated heterocycles. The van der Waals surface area contributed by atoms with Crippen LogP contribution in [0.4, 0.5) is 0 Å². The van der Waals surface area contributed by atoms with Gasteiger partial charge in [0.25, 0.3) is 0 Å². The van der Waals surface area contributed by atoms with Crippen LogP contribution in [-0.2, 0) is 26.0 Å². The predicted octanol–water partition coefficient (Wildman–Crippen LogP) is 2.38. The van der Waals surface area contributed by atoms with Crippen LogP contribution in [-0.4, -0.2) is 66.9 Å². The number of rotatable bonds is 6. The van der Waals surface area contributed by atoms with E-state index in [1.807, 2.05) is 17.5 Å². The van der Waals surface area contributed by atoms with Crippen molar-refractivity contribution in [3.8, 4) is 0 Å². The van der Waals surface area contributed by atoms with Gasteiger partial charge in [0.05, 0.1) is 12.8 Å². The molecule has 1 aliphatic carbocycles. The van der Waals surface area contributed by atoms with Gasteiger partial charge in [0, 0.05) is 24.0 Å². The average Bonchev–Trinajstić information content (AvgIpc) is 3.15. The van der Waals surface area contributed by atoms with Crippen molar-refractivity contribution in [1.82, 2.24) is 14.5 Å². The van der Waals surface area contributed by atoms with Gasteiger partial charge in [0.1, 0.15) is 5.54 Å². The number of piperazine rings is 1. The Hall–Kier alpha value is -1.45. The van der Waals surface area contributed by atoms with Crippen LogP contribution in [0.3, 0.4) is 0 Å². The first kappa shape index (κ1) is 23.2. The van der Waals surface area contributed by atoms with E-state index in [0.717, 1.165) is 41.1 Å². The Morgan fingerprint density at radius 3 is 2.50 bits per heavy atom. The quantitative estimate of drug-likeness (QED) is 0.714. The second-order valence-electron chi connectivity index (χ2n) is 8.70. The van der Waals surface area contributed by atoms with E-state index in [2.05, 4.69) is 5.32 Å². The smallest absolute Gasteiger partial charge is 0.247 e. The summed E-state index contributed by atoms with van der Waals surface area (Å²) < 4.78 is 25.5. The van der Waals surface area contributed by atoms with Gasteiger partial charge in [-0.2, -0.15) is 4.31 Å². The van der Waals surface area contributed by atoms with Gasteiger partial charge in [0.15, 0.2) is 0 Å². The number of nitrogens with zero attached hydrogens (tertiary/aromatic N) is 2. The average molecular weight is 456 g/mol. The maximum atomic E-state index is 13.5. The molecule has 2 amide bonds. The molecule has 2 aliphatic rings. The van der Waals surface area contributed by atoms with Crippen LogP contribution in [0.15, 0.2) is 17.5 Å². The molecule has 3 rings (SSSR count). The van der Waals surface area contributed by atoms with E-state index >= 15 is 0 Å². The van der Waals surface area contributed by atoms with Crippen LogP contribution in [0, 0.1) is 0 Å². The standard InChI is InChI=1S/C21H33N3O4S2/c1-21(20(26)22-17-9-6-4-3-5-7-10-17)16-23(30(2,27)28)15-19(25)24(21)13-12-18-11-8-14-29-18/h8,11,14,17H,3-7,9-10,12-13,15-16H2,1-2H3,(H,22,26)/t21-/m1/s1. The third-order valence-electron chi connectivity index (χ3n) is 6.25. The van der Waals surface area contributed by atoms with E-state index in [1.165, 1.54) is 19.3 Å². The van der Waals surface area contributed by atoms with Gasteiger partial charge in [-0.1, -0.05) is 38.2 Å². The summed E-state index contributed by atoms with van der Waals surface area (Å²) in [5.74, 6) is -0.570. The number of hydrogen-bond donors (Lipinski definition) is 1. The molecule has 168 valence electrons. The van der Waals surface area contributed by atoms with Gasteiger partial charge in [-0.25, -0.2) is 8.42 Å². The molecule has 1 aliphatic heterocycles. The van der Waals surface area contributed by atoms with E-state index in [9.17, 15) is 18.0 Å². The summed E-state index contributed by atoms with van der Waals surface area (Å²) in [6.07, 6.45) is 9.36. The molecule has 9 heteroatoms. The minimum Gasteiger partial charge on any atom is -0.351 e. The predicted molar refractivity (Wildman–Crippen MR) is 119 cm³/mol. The highest BCUT2D eigenvalue weighted by Gasteiger charge is 2.49. The molecule has 1 saturated carbocycles. The third-order valence-corrected chi connectivity index (χ3v) is 8.39. The van der Waals surface area contributed by atoms with Crippen molar-refractivity contribution in [3.63, 3.8) is 0 Å². The monoisotopic (exact) mass is 455 g/mol. The summed E-state index contributed by atoms with van der Waals surface area (Å²) in [7, 11) is -3.58. The molecule has 0 bridgehead atoms. The first-order chi connectivity index (χ1) is 14.2. The summed E-state index contributed by atoms with van der Waals surface area (Å²) in [4.78, 5) is 29.1. The van der Waals surface area contributed by atoms with Crippen molar-refractivity contribution in [2.45, 2.75) is 69.9 Å². The fraction of sp³-hybridized carbons (Fsp3) is 0.714. The number of amides is 2. The highest BCUT2D eigenvalue weighted by atomic mass is 32.2. The van der Waals surface area contributed by atoms with Crippen molar-refractivity contribution in [2.75, 3.05) is 25.9 Å². The lowest BCUT2D eigenvalue weighted by Gasteiger charge is -2.47. The Morgan fingerprint density at radius 1 is 1.23 bits per heavy atom. The Balaban J connectivity index is 1.80. The molecule has 1 aromatic heterocycles. The molecule has 2 fully saturated rings. The van der Waals surface area contributed by atoms with Crippen LogP contribution in [0.5, 0.6) is 0 Å². The highest BCUT2D eigenvalue weighted by molar-refractivity contribution is 7.88. The van der Waals surface area contributed by atoms with Crippen LogP contribution in [0.1, 0.15) is 56.7 Å². The number of carbonyl (C=O) groups is 2. The SMILES string of the molecule is C[C@]1(C(=O)NC2CCCCCCC2)CN(S(C)(=O)=O)CC(=O)N1CCc1cccs1. The van der Waals surface area contributed by atoms with Crippen LogP contribution in [0.2, 0.25) is 0 Å². The topological polar surface area (TPSA) is 86.8 Å². The van der Waals surface area contributed by atoms with E-state index in [1.54, 1.807) is 23.2 Å². The van der Waals surface area contributed by atoms with Crippen LogP contribution in [0.25, 0.3) is 0 Å². The minimum absolute atomic E-state index is 0.0133. The number of thiophene rings is 1. The number of sulfonamides is 1. The van der Waals surface area contributed by atoms with Gasteiger partial charge >= 0.3 is 0 Å². The molecule has 2 heterocycles. The zero-order chi connectivity index (χ0) is 21.8. The Kier molecular flexibility index (Phi) is 7.57. The summed E-state index contributed by atoms with van der Waals surface area (Å²) in [6.45, 7) is 1.87. The molecule has 30 heavy (non-hydrogen) atoms. The van der Waals surface area contributed by atoms with Crippen molar-refractivity contribution in [3.05, 3.63) is 22.4 Å². The zero-order valence-electron chi connectivity index (χ0n) is 17.9. The van der Waals surface area contributed by atoms with Crippen molar-refractivity contribution in [1.29, 1.82) is 0 Å². The molecule has 1 N–H and O–H groups in total. The molecule has 0 radical (unpaired) electrons. The fourth-order valence-corrected chi connectivity index (χ4v) is 5.94. The lowest BCUT2D eigenvalue weighted by molar-refractivity contribution is -0.153. The van der Waals surface area contributed by atoms with Gasteiger partial charge in [-0.15, -0.1) is 11.3 Å². The van der Waals surface area contributed by atoms with Gasteiger partial charge in [0.2, 0.25) is 21.8 Å². The molecule has 7 nitrogen and oxygen atoms in total. The largest absolute Gasteiger partial charge is 0.351 e. The lowest BCUT2D eigenvalue weighted by Crippen LogP contribution is -2.70. The van der Waals surface area contributed by atoms with Gasteiger partial charge < -0.3 is 10.2 Å². The fourth-order valence-electron chi connectivity index (χ4n) is 4.41. The summed E-state index contributed by atoms with van der Waals surface area (Å²) in [5, 5.41) is 5.15. The molecule has 0 spiro atoms. The van der Waals surface area contributed by atoms with E-state index in [-0.39, 0.29) is 30.9 Å². The maximum absolute atomic E-state index is 13.5. The second kappa shape index (κ2) is 9.78. The first-order valence-electron chi connectivity index (χ1n) is 10.8. The third kappa shape index (κ3) is 5.62. The molecular weight excluding hydrogens is 422 g/mol. The number of hydrogen-bond acceptors (Lipinski definition) is 5. The number of nitrogens with one attached hydrogen (secondary N) is 1. The molecular formula is C21H33N3O4S2. The van der Waals surface area contributed by atoms with Gasteiger partial charge in [-0.3, -0.25) is 9.59 Å². The first-order valence-corrected chi connectivity index (χ1v) is 13.5. The summed E-state index contributed by atoms with van der Waals surface area (Å²) >= 11 is 1.61. The van der Waals surface area contributed by atoms with E-state index in [0.29, 0.717) is 13.0 Å². The summed E-state index contributed by atoms with van der Waals surface area (Å²) in [5.41, 5.74) is -1.22. The molecule has 0 aromatic carbocycles. The molecule has 1 atom stereocenters. The Labute approximate surface area is 183 Å². The van der Waals surface area contributed by atoms with Crippen LogP contribution >= 0.6 is 11.3 Å². The number of carbonyl (C=O) groups excluding carboxylic acids is 2. The van der Waals surface area contributed by atoms with Crippen LogP contribution < -0.4 is 5.32 Å². The molecule has 0 unspecified atom stereocenters. The maximum Gasteiger partial charge on any atom is 0.247 e. The minimum atomic E-state index is -3.58. The lowest BCUT2D eigenvalue weighted by atomic mass is 9.92. The van der Waals surface area contributed by atoms with E-state index in [4.69, 9.17) is 0 Å². The zero-order valence-corrected chi connectivity index (χ0v) is 19.6. The van der Waals surface area contributed by atoms with Crippen molar-refractivity contribution >= 4 is 33.2 Å². The Morgan fingerprint density at radius 2 is 1.90 bits per heavy atom. The molecule has 1 aromatic rings. The highest BCUT2D eigenvalue weighted by Crippen LogP contribution is 2.27. The van der Waals surface area contributed by atoms with E-state index < -0.39 is 15.6 Å². The summed E-state index contributed by atoms with van der Waals surface area (Å²) in [6, 6.07) is 4.05. The Bertz CT molecular complexity index is 832. The van der Waals surface area contributed by atoms with Crippen molar-refractivity contribution < 1.29 is 18.0 Å². The second-order valence-corrected chi connectivity index (χ2v) is 11.7.